The molecule has 0 aliphatic heterocycles. The van der Waals surface area contributed by atoms with Gasteiger partial charge in [0, 0.05) is 16.7 Å². The lowest BCUT2D eigenvalue weighted by atomic mass is 9.96. The average Bonchev–Trinajstić information content (AvgIpc) is 2.15. The first-order chi connectivity index (χ1) is 6.53. The van der Waals surface area contributed by atoms with Gasteiger partial charge in [-0.05, 0) is 32.0 Å². The fourth-order valence-electron chi connectivity index (χ4n) is 0.961. The van der Waals surface area contributed by atoms with Crippen molar-refractivity contribution in [2.45, 2.75) is 13.8 Å². The van der Waals surface area contributed by atoms with E-state index in [0.29, 0.717) is 6.54 Å². The van der Waals surface area contributed by atoms with Gasteiger partial charge in [0.2, 0.25) is 0 Å². The summed E-state index contributed by atoms with van der Waals surface area (Å²) in [5, 5.41) is 12.1. The predicted octanol–water partition coefficient (Wildman–Crippen LogP) is 3.41. The van der Waals surface area contributed by atoms with Crippen LogP contribution in [0.3, 0.4) is 0 Å². The maximum absolute atomic E-state index is 8.83. The zero-order chi connectivity index (χ0) is 10.6. The van der Waals surface area contributed by atoms with Crippen LogP contribution in [-0.4, -0.2) is 6.54 Å². The van der Waals surface area contributed by atoms with Crippen LogP contribution in [0.15, 0.2) is 28.7 Å². The van der Waals surface area contributed by atoms with Crippen LogP contribution < -0.4 is 5.32 Å². The summed E-state index contributed by atoms with van der Waals surface area (Å²) in [4.78, 5) is 0. The number of nitrogens with one attached hydrogen (secondary N) is 1. The first-order valence-corrected chi connectivity index (χ1v) is 5.23. The Morgan fingerprint density at radius 1 is 1.50 bits per heavy atom. The van der Waals surface area contributed by atoms with Gasteiger partial charge in [0.25, 0.3) is 0 Å². The molecule has 0 aliphatic carbocycles. The number of anilines is 1. The molecule has 74 valence electrons. The van der Waals surface area contributed by atoms with Crippen molar-refractivity contribution in [3.63, 3.8) is 0 Å². The quantitative estimate of drug-likeness (QED) is 0.895. The zero-order valence-electron chi connectivity index (χ0n) is 8.34. The maximum Gasteiger partial charge on any atom is 0.0702 e. The zero-order valence-corrected chi connectivity index (χ0v) is 9.93. The van der Waals surface area contributed by atoms with Gasteiger partial charge in [-0.2, -0.15) is 5.26 Å². The third-order valence-corrected chi connectivity index (χ3v) is 2.35. The minimum atomic E-state index is -0.331. The van der Waals surface area contributed by atoms with Crippen molar-refractivity contribution in [1.82, 2.24) is 0 Å². The van der Waals surface area contributed by atoms with Gasteiger partial charge < -0.3 is 5.32 Å². The molecule has 0 fully saturated rings. The van der Waals surface area contributed by atoms with Crippen molar-refractivity contribution in [3.05, 3.63) is 28.7 Å². The molecule has 0 saturated carbocycles. The number of halogens is 1. The van der Waals surface area contributed by atoms with Crippen molar-refractivity contribution in [3.8, 4) is 6.07 Å². The number of nitriles is 1. The second kappa shape index (κ2) is 4.47. The number of hydrogen-bond donors (Lipinski definition) is 1. The molecule has 1 aromatic rings. The highest BCUT2D eigenvalue weighted by atomic mass is 79.9. The first-order valence-electron chi connectivity index (χ1n) is 4.44. The van der Waals surface area contributed by atoms with E-state index in [9.17, 15) is 0 Å². The van der Waals surface area contributed by atoms with E-state index in [-0.39, 0.29) is 5.41 Å². The van der Waals surface area contributed by atoms with Crippen molar-refractivity contribution >= 4 is 21.6 Å². The summed E-state index contributed by atoms with van der Waals surface area (Å²) < 4.78 is 1.04. The molecule has 0 aromatic heterocycles. The van der Waals surface area contributed by atoms with Crippen LogP contribution in [0.4, 0.5) is 5.69 Å². The number of rotatable bonds is 3. The molecular weight excluding hydrogens is 240 g/mol. The Morgan fingerprint density at radius 3 is 2.79 bits per heavy atom. The van der Waals surface area contributed by atoms with E-state index in [4.69, 9.17) is 5.26 Å². The second-order valence-electron chi connectivity index (χ2n) is 3.86. The van der Waals surface area contributed by atoms with Gasteiger partial charge >= 0.3 is 0 Å². The Kier molecular flexibility index (Phi) is 3.54. The van der Waals surface area contributed by atoms with Crippen molar-refractivity contribution in [2.75, 3.05) is 11.9 Å². The van der Waals surface area contributed by atoms with Crippen LogP contribution >= 0.6 is 15.9 Å². The molecule has 0 amide bonds. The maximum atomic E-state index is 8.83. The molecule has 1 rings (SSSR count). The molecule has 0 radical (unpaired) electrons. The fourth-order valence-corrected chi connectivity index (χ4v) is 1.36. The van der Waals surface area contributed by atoms with Gasteiger partial charge in [0.15, 0.2) is 0 Å². The Labute approximate surface area is 93.1 Å². The van der Waals surface area contributed by atoms with E-state index in [1.54, 1.807) is 0 Å². The summed E-state index contributed by atoms with van der Waals surface area (Å²) in [6, 6.07) is 10.2. The van der Waals surface area contributed by atoms with Gasteiger partial charge in [-0.1, -0.05) is 22.0 Å². The molecule has 0 spiro atoms. The van der Waals surface area contributed by atoms with E-state index in [1.807, 2.05) is 38.1 Å². The molecule has 0 bridgehead atoms. The third-order valence-electron chi connectivity index (χ3n) is 1.86. The van der Waals surface area contributed by atoms with Crippen molar-refractivity contribution in [1.29, 1.82) is 5.26 Å². The second-order valence-corrected chi connectivity index (χ2v) is 4.78. The van der Waals surface area contributed by atoms with Gasteiger partial charge in [-0.3, -0.25) is 0 Å². The van der Waals surface area contributed by atoms with E-state index >= 15 is 0 Å². The summed E-state index contributed by atoms with van der Waals surface area (Å²) in [5.74, 6) is 0. The number of benzene rings is 1. The van der Waals surface area contributed by atoms with Crippen LogP contribution in [0.25, 0.3) is 0 Å². The standard InChI is InChI=1S/C11H13BrN2/c1-11(2,7-13)8-14-10-5-3-4-9(12)6-10/h3-6,14H,8H2,1-2H3. The average molecular weight is 253 g/mol. The summed E-state index contributed by atoms with van der Waals surface area (Å²) in [7, 11) is 0. The lowest BCUT2D eigenvalue weighted by Gasteiger charge is -2.16. The number of hydrogen-bond acceptors (Lipinski definition) is 2. The summed E-state index contributed by atoms with van der Waals surface area (Å²) in [6.07, 6.45) is 0. The summed E-state index contributed by atoms with van der Waals surface area (Å²) in [5.41, 5.74) is 0.699. The highest BCUT2D eigenvalue weighted by Crippen LogP contribution is 2.18. The molecule has 1 N–H and O–H groups in total. The summed E-state index contributed by atoms with van der Waals surface area (Å²) >= 11 is 3.39. The minimum Gasteiger partial charge on any atom is -0.383 e. The van der Waals surface area contributed by atoms with Gasteiger partial charge in [0.1, 0.15) is 0 Å². The van der Waals surface area contributed by atoms with Crippen LogP contribution in [0.5, 0.6) is 0 Å². The SMILES string of the molecule is CC(C)(C#N)CNc1cccc(Br)c1. The Morgan fingerprint density at radius 2 is 2.21 bits per heavy atom. The third kappa shape index (κ3) is 3.39. The van der Waals surface area contributed by atoms with Crippen molar-refractivity contribution < 1.29 is 0 Å². The first kappa shape index (κ1) is 11.1. The van der Waals surface area contributed by atoms with Crippen LogP contribution in [-0.2, 0) is 0 Å². The highest BCUT2D eigenvalue weighted by Gasteiger charge is 2.15. The van der Waals surface area contributed by atoms with E-state index in [2.05, 4.69) is 27.3 Å². The lowest BCUT2D eigenvalue weighted by Crippen LogP contribution is -2.20. The van der Waals surface area contributed by atoms with Crippen LogP contribution in [0, 0.1) is 16.7 Å². The molecule has 0 atom stereocenters. The molecule has 14 heavy (non-hydrogen) atoms. The highest BCUT2D eigenvalue weighted by molar-refractivity contribution is 9.10. The monoisotopic (exact) mass is 252 g/mol. The molecule has 0 unspecified atom stereocenters. The lowest BCUT2D eigenvalue weighted by molar-refractivity contribution is 0.529. The Hall–Kier alpha value is -1.01. The van der Waals surface area contributed by atoms with E-state index in [0.717, 1.165) is 10.2 Å². The largest absolute Gasteiger partial charge is 0.383 e. The Balaban J connectivity index is 2.59. The fraction of sp³-hybridized carbons (Fsp3) is 0.364. The number of nitrogens with zero attached hydrogens (tertiary/aromatic N) is 1. The summed E-state index contributed by atoms with van der Waals surface area (Å²) in [6.45, 7) is 4.48. The molecule has 0 aliphatic rings. The molecule has 0 heterocycles. The van der Waals surface area contributed by atoms with E-state index in [1.165, 1.54) is 0 Å². The van der Waals surface area contributed by atoms with Gasteiger partial charge in [-0.15, -0.1) is 0 Å². The normalized spacial score (nSPS) is 10.7. The molecule has 3 heteroatoms. The molecule has 0 saturated heterocycles. The topological polar surface area (TPSA) is 35.8 Å². The van der Waals surface area contributed by atoms with Gasteiger partial charge in [-0.25, -0.2) is 0 Å². The van der Waals surface area contributed by atoms with Crippen LogP contribution in [0.2, 0.25) is 0 Å². The molecular formula is C11H13BrN2. The Bertz CT molecular complexity index is 353. The smallest absolute Gasteiger partial charge is 0.0702 e. The predicted molar refractivity (Wildman–Crippen MR) is 62.0 cm³/mol. The molecule has 2 nitrogen and oxygen atoms in total. The minimum absolute atomic E-state index is 0.331. The molecule has 1 aromatic carbocycles. The van der Waals surface area contributed by atoms with E-state index < -0.39 is 0 Å². The van der Waals surface area contributed by atoms with Gasteiger partial charge in [0.05, 0.1) is 11.5 Å². The van der Waals surface area contributed by atoms with Crippen LogP contribution in [0.1, 0.15) is 13.8 Å². The van der Waals surface area contributed by atoms with Crippen molar-refractivity contribution in [2.24, 2.45) is 5.41 Å².